The van der Waals surface area contributed by atoms with Gasteiger partial charge in [-0.05, 0) is 61.5 Å². The molecule has 98 valence electrons. The van der Waals surface area contributed by atoms with E-state index in [1.807, 2.05) is 14.1 Å². The maximum atomic E-state index is 11.8. The van der Waals surface area contributed by atoms with Gasteiger partial charge in [-0.3, -0.25) is 0 Å². The predicted molar refractivity (Wildman–Crippen MR) is 75.0 cm³/mol. The first-order valence-corrected chi connectivity index (χ1v) is 8.41. The molecule has 17 heavy (non-hydrogen) atoms. The molecule has 0 amide bonds. The number of sulfonamides is 1. The number of halogens is 1. The summed E-state index contributed by atoms with van der Waals surface area (Å²) in [6, 6.07) is 3.35. The third-order valence-corrected chi connectivity index (χ3v) is 5.71. The van der Waals surface area contributed by atoms with Crippen LogP contribution in [0.3, 0.4) is 0 Å². The Morgan fingerprint density at radius 2 is 2.06 bits per heavy atom. The number of unbranched alkanes of at least 4 members (excludes halogenated alkanes) is 1. The highest BCUT2D eigenvalue weighted by atomic mass is 79.9. The second-order valence-corrected chi connectivity index (χ2v) is 8.42. The lowest BCUT2D eigenvalue weighted by Crippen LogP contribution is -2.24. The van der Waals surface area contributed by atoms with E-state index in [-0.39, 0.29) is 0 Å². The van der Waals surface area contributed by atoms with Crippen LogP contribution in [0.25, 0.3) is 0 Å². The van der Waals surface area contributed by atoms with Crippen molar-refractivity contribution in [3.8, 4) is 0 Å². The van der Waals surface area contributed by atoms with E-state index < -0.39 is 10.0 Å². The van der Waals surface area contributed by atoms with Gasteiger partial charge in [-0.25, -0.2) is 13.1 Å². The Morgan fingerprint density at radius 3 is 2.59 bits per heavy atom. The van der Waals surface area contributed by atoms with E-state index in [0.29, 0.717) is 10.8 Å². The Kier molecular flexibility index (Phi) is 6.08. The van der Waals surface area contributed by atoms with Gasteiger partial charge in [-0.15, -0.1) is 11.3 Å². The molecule has 0 unspecified atom stereocenters. The third kappa shape index (κ3) is 5.48. The topological polar surface area (TPSA) is 49.4 Å². The van der Waals surface area contributed by atoms with Gasteiger partial charge < -0.3 is 4.90 Å². The number of rotatable bonds is 7. The molecule has 0 bridgehead atoms. The normalized spacial score (nSPS) is 12.2. The molecular weight excluding hydrogens is 324 g/mol. The summed E-state index contributed by atoms with van der Waals surface area (Å²) in [5.74, 6) is 0. The Labute approximate surface area is 115 Å². The van der Waals surface area contributed by atoms with Crippen LogP contribution >= 0.6 is 27.3 Å². The summed E-state index contributed by atoms with van der Waals surface area (Å²) in [5, 5.41) is 0. The van der Waals surface area contributed by atoms with Crippen LogP contribution in [0.5, 0.6) is 0 Å². The van der Waals surface area contributed by atoms with Crippen molar-refractivity contribution in [2.24, 2.45) is 0 Å². The summed E-state index contributed by atoms with van der Waals surface area (Å²) in [4.78, 5) is 2.09. The molecule has 0 aliphatic rings. The lowest BCUT2D eigenvalue weighted by Gasteiger charge is -2.09. The number of nitrogens with zero attached hydrogens (tertiary/aromatic N) is 1. The zero-order valence-electron chi connectivity index (χ0n) is 9.94. The fourth-order valence-electron chi connectivity index (χ4n) is 1.27. The first-order chi connectivity index (χ1) is 7.92. The molecule has 0 saturated heterocycles. The molecular formula is C10H17BrN2O2S2. The summed E-state index contributed by atoms with van der Waals surface area (Å²) < 4.78 is 27.4. The van der Waals surface area contributed by atoms with Crippen molar-refractivity contribution < 1.29 is 8.42 Å². The molecule has 0 aliphatic heterocycles. The predicted octanol–water partition coefficient (Wildman–Crippen LogP) is 2.13. The van der Waals surface area contributed by atoms with Crippen LogP contribution in [-0.4, -0.2) is 40.5 Å². The molecule has 0 fully saturated rings. The lowest BCUT2D eigenvalue weighted by molar-refractivity contribution is 0.394. The highest BCUT2D eigenvalue weighted by Gasteiger charge is 2.15. The van der Waals surface area contributed by atoms with E-state index in [0.717, 1.165) is 23.2 Å². The standard InChI is InChI=1S/C10H17BrN2O2S2/c1-13(2)8-4-3-7-12-17(14,15)10-6-5-9(11)16-10/h5-6,12H,3-4,7-8H2,1-2H3. The SMILES string of the molecule is CN(C)CCCCNS(=O)(=O)c1ccc(Br)s1. The summed E-state index contributed by atoms with van der Waals surface area (Å²) in [7, 11) is 0.699. The molecule has 0 atom stereocenters. The van der Waals surface area contributed by atoms with Crippen LogP contribution in [0.1, 0.15) is 12.8 Å². The lowest BCUT2D eigenvalue weighted by atomic mass is 10.3. The van der Waals surface area contributed by atoms with Crippen LogP contribution in [0, 0.1) is 0 Å². The van der Waals surface area contributed by atoms with Crippen molar-refractivity contribution in [2.45, 2.75) is 17.1 Å². The molecule has 1 rings (SSSR count). The van der Waals surface area contributed by atoms with Gasteiger partial charge in [0.25, 0.3) is 0 Å². The maximum Gasteiger partial charge on any atom is 0.250 e. The second-order valence-electron chi connectivity index (χ2n) is 3.97. The van der Waals surface area contributed by atoms with Crippen LogP contribution in [0.4, 0.5) is 0 Å². The quantitative estimate of drug-likeness (QED) is 0.773. The largest absolute Gasteiger partial charge is 0.309 e. The summed E-state index contributed by atoms with van der Waals surface area (Å²) in [6.45, 7) is 1.47. The van der Waals surface area contributed by atoms with Gasteiger partial charge in [0.05, 0.1) is 3.79 Å². The molecule has 1 N–H and O–H groups in total. The van der Waals surface area contributed by atoms with Gasteiger partial charge in [0.1, 0.15) is 4.21 Å². The van der Waals surface area contributed by atoms with E-state index in [2.05, 4.69) is 25.6 Å². The van der Waals surface area contributed by atoms with Crippen molar-refractivity contribution in [1.29, 1.82) is 0 Å². The van der Waals surface area contributed by atoms with Crippen LogP contribution in [-0.2, 0) is 10.0 Å². The number of thiophene rings is 1. The Morgan fingerprint density at radius 1 is 1.35 bits per heavy atom. The van der Waals surface area contributed by atoms with Gasteiger partial charge >= 0.3 is 0 Å². The highest BCUT2D eigenvalue weighted by molar-refractivity contribution is 9.11. The Bertz CT molecular complexity index is 443. The fraction of sp³-hybridized carbons (Fsp3) is 0.600. The van der Waals surface area contributed by atoms with Crippen LogP contribution in [0.15, 0.2) is 20.1 Å². The third-order valence-electron chi connectivity index (χ3n) is 2.14. The molecule has 1 aromatic rings. The van der Waals surface area contributed by atoms with E-state index >= 15 is 0 Å². The van der Waals surface area contributed by atoms with Gasteiger partial charge in [-0.1, -0.05) is 0 Å². The van der Waals surface area contributed by atoms with Crippen molar-refractivity contribution >= 4 is 37.3 Å². The van der Waals surface area contributed by atoms with E-state index in [1.165, 1.54) is 11.3 Å². The second kappa shape index (κ2) is 6.84. The van der Waals surface area contributed by atoms with Gasteiger partial charge in [0.15, 0.2) is 0 Å². The van der Waals surface area contributed by atoms with E-state index in [9.17, 15) is 8.42 Å². The maximum absolute atomic E-state index is 11.8. The summed E-state index contributed by atoms with van der Waals surface area (Å²) >= 11 is 4.48. The minimum atomic E-state index is -3.32. The zero-order chi connectivity index (χ0) is 12.9. The van der Waals surface area contributed by atoms with Crippen molar-refractivity contribution in [1.82, 2.24) is 9.62 Å². The van der Waals surface area contributed by atoms with Gasteiger partial charge in [-0.2, -0.15) is 0 Å². The number of hydrogen-bond acceptors (Lipinski definition) is 4. The van der Waals surface area contributed by atoms with E-state index in [4.69, 9.17) is 0 Å². The number of hydrogen-bond donors (Lipinski definition) is 1. The molecule has 0 spiro atoms. The Hall–Kier alpha value is 0.0500. The molecule has 1 heterocycles. The van der Waals surface area contributed by atoms with E-state index in [1.54, 1.807) is 12.1 Å². The minimum absolute atomic E-state index is 0.358. The smallest absolute Gasteiger partial charge is 0.250 e. The minimum Gasteiger partial charge on any atom is -0.309 e. The number of nitrogens with one attached hydrogen (secondary N) is 1. The van der Waals surface area contributed by atoms with Gasteiger partial charge in [0, 0.05) is 6.54 Å². The molecule has 7 heteroatoms. The van der Waals surface area contributed by atoms with Crippen LogP contribution in [0.2, 0.25) is 0 Å². The summed E-state index contributed by atoms with van der Waals surface area (Å²) in [6.07, 6.45) is 1.84. The monoisotopic (exact) mass is 340 g/mol. The molecule has 0 saturated carbocycles. The summed E-state index contributed by atoms with van der Waals surface area (Å²) in [5.41, 5.74) is 0. The first-order valence-electron chi connectivity index (χ1n) is 5.31. The molecule has 0 radical (unpaired) electrons. The van der Waals surface area contributed by atoms with Crippen molar-refractivity contribution in [3.05, 3.63) is 15.9 Å². The zero-order valence-corrected chi connectivity index (χ0v) is 13.2. The van der Waals surface area contributed by atoms with Crippen LogP contribution < -0.4 is 4.72 Å². The molecule has 1 aromatic heterocycles. The molecule has 4 nitrogen and oxygen atoms in total. The van der Waals surface area contributed by atoms with Gasteiger partial charge in [0.2, 0.25) is 10.0 Å². The van der Waals surface area contributed by atoms with Crippen molar-refractivity contribution in [3.63, 3.8) is 0 Å². The average Bonchev–Trinajstić information content (AvgIpc) is 2.64. The molecule has 0 aliphatic carbocycles. The van der Waals surface area contributed by atoms with Crippen molar-refractivity contribution in [2.75, 3.05) is 27.2 Å². The Balaban J connectivity index is 2.36. The molecule has 0 aromatic carbocycles. The average molecular weight is 341 g/mol. The highest BCUT2D eigenvalue weighted by Crippen LogP contribution is 2.25. The fourth-order valence-corrected chi connectivity index (χ4v) is 4.40. The first kappa shape index (κ1) is 15.1.